The molecule has 0 fully saturated rings. The van der Waals surface area contributed by atoms with Gasteiger partial charge in [-0.3, -0.25) is 4.79 Å². The van der Waals surface area contributed by atoms with E-state index >= 15 is 0 Å². The van der Waals surface area contributed by atoms with Crippen LogP contribution in [0.15, 0.2) is 66.0 Å². The van der Waals surface area contributed by atoms with Gasteiger partial charge in [0.15, 0.2) is 11.5 Å². The predicted octanol–water partition coefficient (Wildman–Crippen LogP) is 6.22. The number of amides is 1. The Hall–Kier alpha value is -3.42. The van der Waals surface area contributed by atoms with E-state index in [0.29, 0.717) is 11.5 Å². The summed E-state index contributed by atoms with van der Waals surface area (Å²) < 4.78 is 24.6. The van der Waals surface area contributed by atoms with E-state index in [1.807, 2.05) is 47.8 Å². The average molecular weight is 483 g/mol. The first-order valence-electron chi connectivity index (χ1n) is 9.99. The van der Waals surface area contributed by atoms with Crippen LogP contribution in [0.5, 0.6) is 11.5 Å². The van der Waals surface area contributed by atoms with Gasteiger partial charge in [0.1, 0.15) is 10.8 Å². The first kappa shape index (κ1) is 22.8. The summed E-state index contributed by atoms with van der Waals surface area (Å²) >= 11 is 7.49. The third-order valence-electron chi connectivity index (χ3n) is 5.03. The summed E-state index contributed by atoms with van der Waals surface area (Å²) in [5, 5.41) is 5.64. The van der Waals surface area contributed by atoms with Crippen molar-refractivity contribution < 1.29 is 18.7 Å². The van der Waals surface area contributed by atoms with Crippen LogP contribution < -0.4 is 14.8 Å². The molecule has 1 amide bonds. The minimum absolute atomic E-state index is 0.0805. The van der Waals surface area contributed by atoms with E-state index in [2.05, 4.69) is 5.32 Å². The van der Waals surface area contributed by atoms with Gasteiger partial charge in [0.2, 0.25) is 0 Å². The van der Waals surface area contributed by atoms with Gasteiger partial charge < -0.3 is 14.8 Å². The highest BCUT2D eigenvalue weighted by Crippen LogP contribution is 2.34. The normalized spacial score (nSPS) is 10.7. The molecule has 5 nitrogen and oxygen atoms in total. The molecule has 0 saturated carbocycles. The van der Waals surface area contributed by atoms with Crippen LogP contribution in [0.3, 0.4) is 0 Å². The second kappa shape index (κ2) is 10.0. The van der Waals surface area contributed by atoms with Crippen molar-refractivity contribution in [3.05, 3.63) is 88.0 Å². The first-order valence-corrected chi connectivity index (χ1v) is 11.3. The molecule has 0 aliphatic heterocycles. The number of methoxy groups -OCH3 is 2. The lowest BCUT2D eigenvalue weighted by Crippen LogP contribution is -2.24. The molecular weight excluding hydrogens is 463 g/mol. The highest BCUT2D eigenvalue weighted by molar-refractivity contribution is 7.13. The van der Waals surface area contributed by atoms with Crippen LogP contribution in [-0.2, 0) is 6.54 Å². The summed E-state index contributed by atoms with van der Waals surface area (Å²) in [5.74, 6) is 0.107. The Labute approximate surface area is 199 Å². The van der Waals surface area contributed by atoms with E-state index in [9.17, 15) is 9.18 Å². The summed E-state index contributed by atoms with van der Waals surface area (Å²) in [4.78, 5) is 17.1. The molecule has 0 spiro atoms. The summed E-state index contributed by atoms with van der Waals surface area (Å²) in [6, 6.07) is 17.5. The summed E-state index contributed by atoms with van der Waals surface area (Å²) in [7, 11) is 3.20. The van der Waals surface area contributed by atoms with E-state index in [0.717, 1.165) is 27.4 Å². The van der Waals surface area contributed by atoms with E-state index in [1.165, 1.54) is 29.5 Å². The number of ether oxygens (including phenoxy) is 2. The fourth-order valence-electron chi connectivity index (χ4n) is 3.29. The van der Waals surface area contributed by atoms with Crippen molar-refractivity contribution in [1.29, 1.82) is 0 Å². The molecule has 0 atom stereocenters. The minimum Gasteiger partial charge on any atom is -0.493 e. The van der Waals surface area contributed by atoms with Gasteiger partial charge in [-0.2, -0.15) is 0 Å². The largest absolute Gasteiger partial charge is 0.493 e. The van der Waals surface area contributed by atoms with Crippen molar-refractivity contribution >= 4 is 28.8 Å². The van der Waals surface area contributed by atoms with E-state index in [1.54, 1.807) is 14.2 Å². The van der Waals surface area contributed by atoms with Crippen molar-refractivity contribution in [3.8, 4) is 33.3 Å². The molecular formula is C25H20ClFN2O3S. The van der Waals surface area contributed by atoms with E-state index < -0.39 is 11.7 Å². The van der Waals surface area contributed by atoms with Crippen LogP contribution in [0.4, 0.5) is 4.39 Å². The Morgan fingerprint density at radius 3 is 2.45 bits per heavy atom. The van der Waals surface area contributed by atoms with Crippen molar-refractivity contribution in [2.75, 3.05) is 14.2 Å². The summed E-state index contributed by atoms with van der Waals surface area (Å²) in [5.41, 5.74) is 3.45. The number of thiazole rings is 1. The molecule has 1 heterocycles. The fourth-order valence-corrected chi connectivity index (χ4v) is 4.37. The smallest absolute Gasteiger partial charge is 0.256 e. The predicted molar refractivity (Wildman–Crippen MR) is 129 cm³/mol. The minimum atomic E-state index is -0.649. The number of aromatic nitrogens is 1. The van der Waals surface area contributed by atoms with Crippen LogP contribution in [0.2, 0.25) is 5.02 Å². The van der Waals surface area contributed by atoms with Crippen molar-refractivity contribution in [1.82, 2.24) is 10.3 Å². The van der Waals surface area contributed by atoms with Crippen molar-refractivity contribution in [2.45, 2.75) is 6.54 Å². The van der Waals surface area contributed by atoms with Gasteiger partial charge >= 0.3 is 0 Å². The Balaban J connectivity index is 1.45. The number of nitrogens with one attached hydrogen (secondary N) is 1. The summed E-state index contributed by atoms with van der Waals surface area (Å²) in [6.45, 7) is 0.249. The molecule has 33 heavy (non-hydrogen) atoms. The summed E-state index contributed by atoms with van der Waals surface area (Å²) in [6.07, 6.45) is 0. The number of carbonyl (C=O) groups excluding carboxylic acids is 1. The standard InChI is InChI=1S/C25H20ClFN2O3S/c1-31-21-11-10-17(12-22(21)32-2)20-14-33-25(29-20)16-8-6-15(7-9-16)13-28-24(30)23-18(26)4-3-5-19(23)27/h3-12,14H,13H2,1-2H3,(H,28,30). The second-order valence-electron chi connectivity index (χ2n) is 7.08. The van der Waals surface area contributed by atoms with E-state index in [-0.39, 0.29) is 17.1 Å². The Morgan fingerprint density at radius 1 is 1.03 bits per heavy atom. The maximum absolute atomic E-state index is 13.9. The van der Waals surface area contributed by atoms with Gasteiger partial charge in [0.25, 0.3) is 5.91 Å². The van der Waals surface area contributed by atoms with Crippen LogP contribution in [0, 0.1) is 5.82 Å². The highest BCUT2D eigenvalue weighted by Gasteiger charge is 2.15. The van der Waals surface area contributed by atoms with Gasteiger partial charge in [-0.1, -0.05) is 41.9 Å². The first-order chi connectivity index (χ1) is 16.0. The maximum Gasteiger partial charge on any atom is 0.256 e. The molecule has 168 valence electrons. The molecule has 4 rings (SSSR count). The second-order valence-corrected chi connectivity index (χ2v) is 8.35. The zero-order valence-electron chi connectivity index (χ0n) is 17.9. The third kappa shape index (κ3) is 4.99. The van der Waals surface area contributed by atoms with Gasteiger partial charge in [-0.15, -0.1) is 11.3 Å². The monoisotopic (exact) mass is 482 g/mol. The lowest BCUT2D eigenvalue weighted by Gasteiger charge is -2.08. The van der Waals surface area contributed by atoms with Gasteiger partial charge in [-0.25, -0.2) is 9.37 Å². The number of hydrogen-bond acceptors (Lipinski definition) is 5. The molecule has 0 bridgehead atoms. The number of halogens is 2. The quantitative estimate of drug-likeness (QED) is 0.340. The fraction of sp³-hybridized carbons (Fsp3) is 0.120. The van der Waals surface area contributed by atoms with Gasteiger partial charge in [-0.05, 0) is 35.9 Å². The Kier molecular flexibility index (Phi) is 6.91. The van der Waals surface area contributed by atoms with Crippen molar-refractivity contribution in [2.24, 2.45) is 0 Å². The molecule has 1 N–H and O–H groups in total. The average Bonchev–Trinajstić information content (AvgIpc) is 3.33. The molecule has 0 aliphatic rings. The highest BCUT2D eigenvalue weighted by atomic mass is 35.5. The zero-order chi connectivity index (χ0) is 23.4. The molecule has 0 radical (unpaired) electrons. The van der Waals surface area contributed by atoms with Crippen LogP contribution >= 0.6 is 22.9 Å². The van der Waals surface area contributed by atoms with Crippen molar-refractivity contribution in [3.63, 3.8) is 0 Å². The molecule has 4 aromatic rings. The van der Waals surface area contributed by atoms with Crippen LogP contribution in [-0.4, -0.2) is 25.1 Å². The molecule has 0 unspecified atom stereocenters. The molecule has 1 aromatic heterocycles. The SMILES string of the molecule is COc1ccc(-c2csc(-c3ccc(CNC(=O)c4c(F)cccc4Cl)cc3)n2)cc1OC. The number of carbonyl (C=O) groups is 1. The number of rotatable bonds is 7. The molecule has 0 aliphatic carbocycles. The Morgan fingerprint density at radius 2 is 1.76 bits per heavy atom. The molecule has 8 heteroatoms. The van der Waals surface area contributed by atoms with Gasteiger partial charge in [0.05, 0.1) is 30.5 Å². The zero-order valence-corrected chi connectivity index (χ0v) is 19.5. The van der Waals surface area contributed by atoms with Crippen LogP contribution in [0.25, 0.3) is 21.8 Å². The van der Waals surface area contributed by atoms with E-state index in [4.69, 9.17) is 26.1 Å². The molecule has 3 aromatic carbocycles. The third-order valence-corrected chi connectivity index (χ3v) is 6.23. The maximum atomic E-state index is 13.9. The van der Waals surface area contributed by atoms with Gasteiger partial charge in [0, 0.05) is 23.1 Å². The number of hydrogen-bond donors (Lipinski definition) is 1. The molecule has 0 saturated heterocycles. The lowest BCUT2D eigenvalue weighted by atomic mass is 10.1. The number of benzene rings is 3. The lowest BCUT2D eigenvalue weighted by molar-refractivity contribution is 0.0947. The number of nitrogens with zero attached hydrogens (tertiary/aromatic N) is 1. The topological polar surface area (TPSA) is 60.5 Å². The Bertz CT molecular complexity index is 1270. The van der Waals surface area contributed by atoms with Crippen LogP contribution in [0.1, 0.15) is 15.9 Å².